The summed E-state index contributed by atoms with van der Waals surface area (Å²) in [5.74, 6) is 0.948. The first-order valence-corrected chi connectivity index (χ1v) is 7.24. The lowest BCUT2D eigenvalue weighted by Gasteiger charge is -2.37. The number of halogens is 1. The summed E-state index contributed by atoms with van der Waals surface area (Å²) < 4.78 is 0. The van der Waals surface area contributed by atoms with Crippen molar-refractivity contribution in [2.75, 3.05) is 19.6 Å². The van der Waals surface area contributed by atoms with E-state index < -0.39 is 0 Å². The Morgan fingerprint density at radius 2 is 1.65 bits per heavy atom. The van der Waals surface area contributed by atoms with Crippen molar-refractivity contribution in [1.29, 1.82) is 0 Å². The van der Waals surface area contributed by atoms with Crippen LogP contribution in [0.15, 0.2) is 0 Å². The van der Waals surface area contributed by atoms with Gasteiger partial charge in [-0.2, -0.15) is 0 Å². The highest BCUT2D eigenvalue weighted by atomic mass is 35.5. The average Bonchev–Trinajstić information content (AvgIpc) is 2.80. The Morgan fingerprint density at radius 1 is 1.06 bits per heavy atom. The Labute approximate surface area is 113 Å². The lowest BCUT2D eigenvalue weighted by molar-refractivity contribution is 0.118. The zero-order valence-electron chi connectivity index (χ0n) is 11.5. The molecule has 102 valence electrons. The predicted octanol–water partition coefficient (Wildman–Crippen LogP) is 3.06. The highest BCUT2D eigenvalue weighted by Gasteiger charge is 2.27. The fourth-order valence-corrected chi connectivity index (χ4v) is 3.38. The highest BCUT2D eigenvalue weighted by Crippen LogP contribution is 2.27. The van der Waals surface area contributed by atoms with Gasteiger partial charge in [-0.05, 0) is 58.5 Å². The Hall–Kier alpha value is 0.210. The van der Waals surface area contributed by atoms with E-state index in [0.717, 1.165) is 18.0 Å². The van der Waals surface area contributed by atoms with Crippen LogP contribution in [0, 0.1) is 5.92 Å². The van der Waals surface area contributed by atoms with Crippen LogP contribution in [-0.2, 0) is 0 Å². The van der Waals surface area contributed by atoms with Crippen molar-refractivity contribution in [2.24, 2.45) is 5.92 Å². The quantitative estimate of drug-likeness (QED) is 0.836. The van der Waals surface area contributed by atoms with Crippen LogP contribution in [0.3, 0.4) is 0 Å². The third-order valence-corrected chi connectivity index (χ3v) is 4.38. The Morgan fingerprint density at radius 3 is 2.18 bits per heavy atom. The van der Waals surface area contributed by atoms with E-state index in [1.165, 1.54) is 58.2 Å². The molecule has 1 saturated carbocycles. The summed E-state index contributed by atoms with van der Waals surface area (Å²) in [6.45, 7) is 8.57. The largest absolute Gasteiger partial charge is 0.317 e. The van der Waals surface area contributed by atoms with Crippen LogP contribution in [0.25, 0.3) is 0 Å². The second kappa shape index (κ2) is 7.60. The van der Waals surface area contributed by atoms with E-state index in [4.69, 9.17) is 0 Å². The van der Waals surface area contributed by atoms with Crippen molar-refractivity contribution in [3.8, 4) is 0 Å². The van der Waals surface area contributed by atoms with Gasteiger partial charge in [0.25, 0.3) is 0 Å². The number of rotatable bonds is 4. The summed E-state index contributed by atoms with van der Waals surface area (Å²) in [5.41, 5.74) is 0. The fraction of sp³-hybridized carbons (Fsp3) is 1.00. The van der Waals surface area contributed by atoms with Gasteiger partial charge in [0.15, 0.2) is 0 Å². The number of hydrogen-bond acceptors (Lipinski definition) is 2. The maximum Gasteiger partial charge on any atom is 0.00980 e. The first-order valence-electron chi connectivity index (χ1n) is 7.24. The smallest absolute Gasteiger partial charge is 0.00980 e. The summed E-state index contributed by atoms with van der Waals surface area (Å²) in [6.07, 6.45) is 8.58. The molecule has 2 nitrogen and oxygen atoms in total. The van der Waals surface area contributed by atoms with Gasteiger partial charge in [-0.25, -0.2) is 0 Å². The average molecular weight is 261 g/mol. The fourth-order valence-electron chi connectivity index (χ4n) is 3.38. The van der Waals surface area contributed by atoms with Crippen LogP contribution in [0.2, 0.25) is 0 Å². The number of hydrogen-bond donors (Lipinski definition) is 1. The molecular weight excluding hydrogens is 232 g/mol. The monoisotopic (exact) mass is 260 g/mol. The molecule has 2 rings (SSSR count). The van der Waals surface area contributed by atoms with Crippen LogP contribution in [-0.4, -0.2) is 36.6 Å². The third kappa shape index (κ3) is 4.42. The van der Waals surface area contributed by atoms with Crippen molar-refractivity contribution >= 4 is 12.4 Å². The Balaban J connectivity index is 0.00000144. The normalized spacial score (nSPS) is 23.3. The third-order valence-electron chi connectivity index (χ3n) is 4.38. The molecule has 1 N–H and O–H groups in total. The van der Waals surface area contributed by atoms with Crippen molar-refractivity contribution in [3.05, 3.63) is 0 Å². The van der Waals surface area contributed by atoms with E-state index in [1.54, 1.807) is 0 Å². The van der Waals surface area contributed by atoms with Gasteiger partial charge < -0.3 is 5.32 Å². The molecule has 0 aromatic heterocycles. The van der Waals surface area contributed by atoms with E-state index in [-0.39, 0.29) is 12.4 Å². The molecule has 0 radical (unpaired) electrons. The lowest BCUT2D eigenvalue weighted by Crippen LogP contribution is -2.44. The molecule has 17 heavy (non-hydrogen) atoms. The standard InChI is InChI=1S/C14H28N2.ClH/c1-12(2)16(14-5-3-4-6-14)11-13-7-9-15-10-8-13;/h12-15H,3-11H2,1-2H3;1H. The SMILES string of the molecule is CC(C)N(CC1CCNCC1)C1CCCC1.Cl. The molecule has 0 atom stereocenters. The maximum absolute atomic E-state index is 3.47. The molecule has 1 saturated heterocycles. The molecule has 2 fully saturated rings. The molecule has 0 spiro atoms. The van der Waals surface area contributed by atoms with Gasteiger partial charge in [0.05, 0.1) is 0 Å². The molecule has 1 aliphatic heterocycles. The van der Waals surface area contributed by atoms with E-state index in [1.807, 2.05) is 0 Å². The molecule has 3 heteroatoms. The Bertz CT molecular complexity index is 196. The van der Waals surface area contributed by atoms with E-state index in [2.05, 4.69) is 24.1 Å². The molecule has 0 unspecified atom stereocenters. The summed E-state index contributed by atoms with van der Waals surface area (Å²) in [6, 6.07) is 1.63. The van der Waals surface area contributed by atoms with Gasteiger partial charge in [0.2, 0.25) is 0 Å². The summed E-state index contributed by atoms with van der Waals surface area (Å²) >= 11 is 0. The molecule has 1 aliphatic carbocycles. The topological polar surface area (TPSA) is 15.3 Å². The number of nitrogens with zero attached hydrogens (tertiary/aromatic N) is 1. The molecule has 0 amide bonds. The summed E-state index contributed by atoms with van der Waals surface area (Å²) in [7, 11) is 0. The minimum absolute atomic E-state index is 0. The van der Waals surface area contributed by atoms with Gasteiger partial charge in [0.1, 0.15) is 0 Å². The molecule has 0 bridgehead atoms. The van der Waals surface area contributed by atoms with E-state index in [9.17, 15) is 0 Å². The second-order valence-electron chi connectivity index (χ2n) is 5.92. The van der Waals surface area contributed by atoms with Gasteiger partial charge in [-0.3, -0.25) is 4.90 Å². The van der Waals surface area contributed by atoms with Gasteiger partial charge in [-0.1, -0.05) is 12.8 Å². The van der Waals surface area contributed by atoms with Crippen molar-refractivity contribution < 1.29 is 0 Å². The Kier molecular flexibility index (Phi) is 6.83. The van der Waals surface area contributed by atoms with Crippen molar-refractivity contribution in [3.63, 3.8) is 0 Å². The first-order chi connectivity index (χ1) is 7.77. The maximum atomic E-state index is 3.47. The van der Waals surface area contributed by atoms with Crippen LogP contribution in [0.5, 0.6) is 0 Å². The van der Waals surface area contributed by atoms with Crippen molar-refractivity contribution in [2.45, 2.75) is 64.5 Å². The molecule has 2 aliphatic rings. The van der Waals surface area contributed by atoms with Gasteiger partial charge in [-0.15, -0.1) is 12.4 Å². The highest BCUT2D eigenvalue weighted by molar-refractivity contribution is 5.85. The minimum Gasteiger partial charge on any atom is -0.317 e. The zero-order chi connectivity index (χ0) is 11.4. The number of nitrogens with one attached hydrogen (secondary N) is 1. The predicted molar refractivity (Wildman–Crippen MR) is 76.9 cm³/mol. The number of piperidine rings is 1. The molecule has 0 aromatic rings. The van der Waals surface area contributed by atoms with Crippen LogP contribution >= 0.6 is 12.4 Å². The van der Waals surface area contributed by atoms with Crippen LogP contribution in [0.4, 0.5) is 0 Å². The zero-order valence-corrected chi connectivity index (χ0v) is 12.3. The summed E-state index contributed by atoms with van der Waals surface area (Å²) in [4.78, 5) is 2.79. The second-order valence-corrected chi connectivity index (χ2v) is 5.92. The van der Waals surface area contributed by atoms with E-state index >= 15 is 0 Å². The van der Waals surface area contributed by atoms with Gasteiger partial charge in [0, 0.05) is 18.6 Å². The van der Waals surface area contributed by atoms with Crippen molar-refractivity contribution in [1.82, 2.24) is 10.2 Å². The van der Waals surface area contributed by atoms with Gasteiger partial charge >= 0.3 is 0 Å². The molecular formula is C14H29ClN2. The van der Waals surface area contributed by atoms with Crippen LogP contribution < -0.4 is 5.32 Å². The minimum atomic E-state index is 0. The van der Waals surface area contributed by atoms with E-state index in [0.29, 0.717) is 0 Å². The first kappa shape index (κ1) is 15.3. The molecule has 0 aromatic carbocycles. The lowest BCUT2D eigenvalue weighted by atomic mass is 9.96. The summed E-state index contributed by atoms with van der Waals surface area (Å²) in [5, 5.41) is 3.47. The molecule has 1 heterocycles. The van der Waals surface area contributed by atoms with Crippen LogP contribution in [0.1, 0.15) is 52.4 Å².